The van der Waals surface area contributed by atoms with Crippen LogP contribution in [0.3, 0.4) is 0 Å². The van der Waals surface area contributed by atoms with Crippen LogP contribution in [0.2, 0.25) is 0 Å². The molecule has 2 aromatic heterocycles. The number of thiophene rings is 1. The number of Topliss-reactive ketones (excluding diaryl/α,β-unsaturated/α-hetero) is 1. The first-order chi connectivity index (χ1) is 14.1. The van der Waals surface area contributed by atoms with Crippen molar-refractivity contribution in [2.75, 3.05) is 18.7 Å². The molecule has 1 aliphatic rings. The molecule has 0 saturated carbocycles. The number of hydrogen-bond donors (Lipinski definition) is 1. The molecule has 3 aromatic rings. The molecule has 1 aromatic carbocycles. The second kappa shape index (κ2) is 8.50. The smallest absolute Gasteiger partial charge is 0.238 e. The molecule has 150 valence electrons. The Hall–Kier alpha value is -3.10. The van der Waals surface area contributed by atoms with Gasteiger partial charge in [-0.1, -0.05) is 6.07 Å². The van der Waals surface area contributed by atoms with E-state index in [1.807, 2.05) is 34.5 Å². The van der Waals surface area contributed by atoms with Gasteiger partial charge >= 0.3 is 0 Å². The van der Waals surface area contributed by atoms with Gasteiger partial charge in [0.15, 0.2) is 17.3 Å². The number of amides is 1. The highest BCUT2D eigenvalue weighted by molar-refractivity contribution is 7.09. The number of carbonyl (C=O) groups excluding carboxylic acids is 2. The molecule has 0 radical (unpaired) electrons. The Morgan fingerprint density at radius 3 is 2.66 bits per heavy atom. The lowest BCUT2D eigenvalue weighted by Gasteiger charge is -2.20. The van der Waals surface area contributed by atoms with Crippen LogP contribution in [0.1, 0.15) is 27.9 Å². The first kappa shape index (κ1) is 19.2. The third-order valence-corrected chi connectivity index (χ3v) is 5.31. The predicted octanol–water partition coefficient (Wildman–Crippen LogP) is 3.91. The van der Waals surface area contributed by atoms with Gasteiger partial charge in [-0.05, 0) is 36.6 Å². The minimum Gasteiger partial charge on any atom is -0.468 e. The minimum absolute atomic E-state index is 0.0990. The third-order valence-electron chi connectivity index (χ3n) is 4.45. The van der Waals surface area contributed by atoms with Crippen molar-refractivity contribution in [1.29, 1.82) is 0 Å². The van der Waals surface area contributed by atoms with Gasteiger partial charge < -0.3 is 19.2 Å². The quantitative estimate of drug-likeness (QED) is 0.565. The number of nitrogens with one attached hydrogen (secondary N) is 1. The van der Waals surface area contributed by atoms with E-state index in [1.54, 1.807) is 29.7 Å². The molecular formula is C21H20N2O5S. The van der Waals surface area contributed by atoms with Gasteiger partial charge in [0.2, 0.25) is 12.7 Å². The Labute approximate surface area is 171 Å². The summed E-state index contributed by atoms with van der Waals surface area (Å²) in [6, 6.07) is 11.0. The highest BCUT2D eigenvalue weighted by atomic mass is 32.1. The molecule has 3 heterocycles. The maximum absolute atomic E-state index is 12.8. The SMILES string of the molecule is CC(=O)c1cc2c(cc1NC(=O)CN(Cc1ccco1)Cc1cccs1)OCO2. The molecule has 0 fully saturated rings. The summed E-state index contributed by atoms with van der Waals surface area (Å²) in [6.07, 6.45) is 1.62. The van der Waals surface area contributed by atoms with E-state index in [9.17, 15) is 9.59 Å². The Balaban J connectivity index is 1.49. The molecule has 0 bridgehead atoms. The molecule has 0 atom stereocenters. The number of fused-ring (bicyclic) bond motifs is 1. The van der Waals surface area contributed by atoms with Gasteiger partial charge in [-0.15, -0.1) is 11.3 Å². The number of ketones is 1. The Kier molecular flexibility index (Phi) is 5.64. The number of anilines is 1. The molecule has 1 amide bonds. The van der Waals surface area contributed by atoms with Gasteiger partial charge in [0.1, 0.15) is 5.76 Å². The number of hydrogen-bond acceptors (Lipinski definition) is 7. The monoisotopic (exact) mass is 412 g/mol. The van der Waals surface area contributed by atoms with E-state index in [0.29, 0.717) is 35.8 Å². The lowest BCUT2D eigenvalue weighted by atomic mass is 10.1. The van der Waals surface area contributed by atoms with Gasteiger partial charge in [0.25, 0.3) is 0 Å². The highest BCUT2D eigenvalue weighted by Gasteiger charge is 2.21. The van der Waals surface area contributed by atoms with Crippen molar-refractivity contribution in [2.45, 2.75) is 20.0 Å². The summed E-state index contributed by atoms with van der Waals surface area (Å²) in [5.74, 6) is 1.41. The lowest BCUT2D eigenvalue weighted by molar-refractivity contribution is -0.117. The molecule has 1 aliphatic heterocycles. The molecule has 0 aliphatic carbocycles. The van der Waals surface area contributed by atoms with E-state index in [4.69, 9.17) is 13.9 Å². The summed E-state index contributed by atoms with van der Waals surface area (Å²) in [5, 5.41) is 4.85. The molecular weight excluding hydrogens is 392 g/mol. The standard InChI is InChI=1S/C21H20N2O5S/c1-14(24)17-8-19-20(28-13-27-19)9-18(17)22-21(25)12-23(10-15-4-2-6-26-15)11-16-5-3-7-29-16/h2-9H,10-13H2,1H3,(H,22,25). The summed E-state index contributed by atoms with van der Waals surface area (Å²) in [7, 11) is 0. The number of rotatable bonds is 8. The topological polar surface area (TPSA) is 81.0 Å². The fraction of sp³-hybridized carbons (Fsp3) is 0.238. The van der Waals surface area contributed by atoms with Crippen LogP contribution >= 0.6 is 11.3 Å². The first-order valence-electron chi connectivity index (χ1n) is 9.10. The van der Waals surface area contributed by atoms with E-state index in [0.717, 1.165) is 10.6 Å². The fourth-order valence-corrected chi connectivity index (χ4v) is 3.89. The molecule has 0 unspecified atom stereocenters. The number of furan rings is 1. The molecule has 8 heteroatoms. The van der Waals surface area contributed by atoms with Crippen LogP contribution in [0.25, 0.3) is 0 Å². The Morgan fingerprint density at radius 2 is 1.97 bits per heavy atom. The van der Waals surface area contributed by atoms with E-state index in [-0.39, 0.29) is 25.0 Å². The molecule has 29 heavy (non-hydrogen) atoms. The van der Waals surface area contributed by atoms with E-state index in [2.05, 4.69) is 5.32 Å². The van der Waals surface area contributed by atoms with Gasteiger partial charge in [0, 0.05) is 23.1 Å². The highest BCUT2D eigenvalue weighted by Crippen LogP contribution is 2.37. The van der Waals surface area contributed by atoms with E-state index < -0.39 is 0 Å². The largest absolute Gasteiger partial charge is 0.468 e. The van der Waals surface area contributed by atoms with Crippen molar-refractivity contribution >= 4 is 28.7 Å². The molecule has 4 rings (SSSR count). The molecule has 0 spiro atoms. The number of benzene rings is 1. The summed E-state index contributed by atoms with van der Waals surface area (Å²) in [5.41, 5.74) is 0.805. The zero-order valence-corrected chi connectivity index (χ0v) is 16.7. The van der Waals surface area contributed by atoms with Crippen molar-refractivity contribution in [2.24, 2.45) is 0 Å². The third kappa shape index (κ3) is 4.67. The summed E-state index contributed by atoms with van der Waals surface area (Å²) in [6.45, 7) is 2.81. The zero-order valence-electron chi connectivity index (χ0n) is 15.8. The maximum atomic E-state index is 12.8. The minimum atomic E-state index is -0.227. The van der Waals surface area contributed by atoms with Crippen molar-refractivity contribution in [3.05, 3.63) is 64.2 Å². The van der Waals surface area contributed by atoms with Crippen LogP contribution in [0.15, 0.2) is 52.5 Å². The summed E-state index contributed by atoms with van der Waals surface area (Å²) >= 11 is 1.64. The van der Waals surface area contributed by atoms with Crippen LogP contribution in [0.4, 0.5) is 5.69 Å². The van der Waals surface area contributed by atoms with Gasteiger partial charge in [0.05, 0.1) is 25.0 Å². The predicted molar refractivity (Wildman–Crippen MR) is 108 cm³/mol. The average molecular weight is 412 g/mol. The number of ether oxygens (including phenoxy) is 2. The summed E-state index contributed by atoms with van der Waals surface area (Å²) < 4.78 is 16.1. The van der Waals surface area contributed by atoms with E-state index in [1.165, 1.54) is 6.92 Å². The van der Waals surface area contributed by atoms with E-state index >= 15 is 0 Å². The normalized spacial score (nSPS) is 12.3. The van der Waals surface area contributed by atoms with Gasteiger partial charge in [-0.3, -0.25) is 14.5 Å². The first-order valence-corrected chi connectivity index (χ1v) is 9.98. The zero-order chi connectivity index (χ0) is 20.2. The lowest BCUT2D eigenvalue weighted by Crippen LogP contribution is -2.32. The second-order valence-corrected chi connectivity index (χ2v) is 7.69. The molecule has 0 saturated heterocycles. The molecule has 7 nitrogen and oxygen atoms in total. The summed E-state index contributed by atoms with van der Waals surface area (Å²) in [4.78, 5) is 28.0. The Bertz CT molecular complexity index is 962. The maximum Gasteiger partial charge on any atom is 0.238 e. The van der Waals surface area contributed by atoms with Gasteiger partial charge in [-0.25, -0.2) is 0 Å². The number of nitrogens with zero attached hydrogens (tertiary/aromatic N) is 1. The average Bonchev–Trinajstić information content (AvgIpc) is 3.43. The number of carbonyl (C=O) groups is 2. The second-order valence-electron chi connectivity index (χ2n) is 6.66. The van der Waals surface area contributed by atoms with Crippen LogP contribution in [-0.2, 0) is 17.9 Å². The van der Waals surface area contributed by atoms with Crippen molar-refractivity contribution in [3.63, 3.8) is 0 Å². The van der Waals surface area contributed by atoms with Crippen LogP contribution in [0, 0.1) is 0 Å². The fourth-order valence-electron chi connectivity index (χ4n) is 3.14. The van der Waals surface area contributed by atoms with Crippen LogP contribution in [0.5, 0.6) is 11.5 Å². The van der Waals surface area contributed by atoms with Gasteiger partial charge in [-0.2, -0.15) is 0 Å². The van der Waals surface area contributed by atoms with Crippen molar-refractivity contribution < 1.29 is 23.5 Å². The van der Waals surface area contributed by atoms with Crippen LogP contribution < -0.4 is 14.8 Å². The van der Waals surface area contributed by atoms with Crippen molar-refractivity contribution in [1.82, 2.24) is 4.90 Å². The molecule has 1 N–H and O–H groups in total. The van der Waals surface area contributed by atoms with Crippen LogP contribution in [-0.4, -0.2) is 29.9 Å². The Morgan fingerprint density at radius 1 is 1.14 bits per heavy atom. The van der Waals surface area contributed by atoms with Crippen molar-refractivity contribution in [3.8, 4) is 11.5 Å².